The van der Waals surface area contributed by atoms with Crippen LogP contribution in [0.15, 0.2) is 0 Å². The van der Waals surface area contributed by atoms with Crippen molar-refractivity contribution >= 4 is 7.80 Å². The Hall–Kier alpha value is 0.0200. The van der Waals surface area contributed by atoms with Crippen molar-refractivity contribution in [3.8, 4) is 0 Å². The molecule has 0 fully saturated rings. The van der Waals surface area contributed by atoms with Crippen LogP contribution >= 0.6 is 7.80 Å². The molecule has 0 amide bonds. The van der Waals surface area contributed by atoms with Crippen LogP contribution in [0.4, 0.5) is 0 Å². The van der Waals surface area contributed by atoms with E-state index in [1.54, 1.807) is 0 Å². The standard InChI is InChI=1S/C4H10O3P/c5-1-3-8(7)4-2-6/h5-6H,1-4H2/q+1. The zero-order valence-electron chi connectivity index (χ0n) is 4.58. The van der Waals surface area contributed by atoms with Gasteiger partial charge in [-0.05, 0) is 0 Å². The van der Waals surface area contributed by atoms with Crippen LogP contribution in [0.3, 0.4) is 0 Å². The van der Waals surface area contributed by atoms with Crippen LogP contribution in [0.2, 0.25) is 0 Å². The Morgan fingerprint density at radius 1 is 1.12 bits per heavy atom. The lowest BCUT2D eigenvalue weighted by Crippen LogP contribution is -1.91. The molecule has 0 rings (SSSR count). The molecule has 0 aliphatic rings. The first-order valence-corrected chi connectivity index (χ1v) is 4.08. The summed E-state index contributed by atoms with van der Waals surface area (Å²) in [6, 6.07) is 0. The maximum atomic E-state index is 10.5. The minimum Gasteiger partial charge on any atom is -0.392 e. The second kappa shape index (κ2) is 5.16. The lowest BCUT2D eigenvalue weighted by atomic mass is 10.9. The van der Waals surface area contributed by atoms with Crippen molar-refractivity contribution in [2.24, 2.45) is 0 Å². The van der Waals surface area contributed by atoms with Gasteiger partial charge in [-0.25, -0.2) is 0 Å². The van der Waals surface area contributed by atoms with Gasteiger partial charge in [-0.3, -0.25) is 0 Å². The summed E-state index contributed by atoms with van der Waals surface area (Å²) >= 11 is 0. The van der Waals surface area contributed by atoms with Crippen LogP contribution < -0.4 is 0 Å². The Balaban J connectivity index is 3.06. The van der Waals surface area contributed by atoms with E-state index in [4.69, 9.17) is 10.2 Å². The van der Waals surface area contributed by atoms with Gasteiger partial charge in [0, 0.05) is 0 Å². The highest BCUT2D eigenvalue weighted by molar-refractivity contribution is 7.44. The van der Waals surface area contributed by atoms with Crippen molar-refractivity contribution in [3.63, 3.8) is 0 Å². The molecule has 0 saturated carbocycles. The molecule has 0 saturated heterocycles. The summed E-state index contributed by atoms with van der Waals surface area (Å²) in [5.74, 6) is 0. The predicted molar refractivity (Wildman–Crippen MR) is 31.5 cm³/mol. The normalized spacial score (nSPS) is 9.25. The van der Waals surface area contributed by atoms with Gasteiger partial charge in [-0.2, -0.15) is 0 Å². The third-order valence-corrected chi connectivity index (χ3v) is 2.10. The van der Waals surface area contributed by atoms with Gasteiger partial charge < -0.3 is 10.2 Å². The molecule has 0 heterocycles. The quantitative estimate of drug-likeness (QED) is 0.527. The number of rotatable bonds is 4. The van der Waals surface area contributed by atoms with E-state index in [1.165, 1.54) is 0 Å². The molecule has 0 bridgehead atoms. The monoisotopic (exact) mass is 137 g/mol. The van der Waals surface area contributed by atoms with E-state index in [0.717, 1.165) is 0 Å². The van der Waals surface area contributed by atoms with Gasteiger partial charge in [-0.15, -0.1) is 0 Å². The van der Waals surface area contributed by atoms with E-state index in [9.17, 15) is 4.57 Å². The van der Waals surface area contributed by atoms with Crippen molar-refractivity contribution < 1.29 is 14.8 Å². The van der Waals surface area contributed by atoms with Crippen LogP contribution in [0, 0.1) is 0 Å². The minimum absolute atomic E-state index is 0.0464. The first kappa shape index (κ1) is 8.02. The molecule has 2 N–H and O–H groups in total. The molecule has 0 aromatic rings. The second-order valence-electron chi connectivity index (χ2n) is 1.38. The van der Waals surface area contributed by atoms with Crippen LogP contribution in [-0.2, 0) is 4.57 Å². The molecule has 0 aliphatic carbocycles. The highest BCUT2D eigenvalue weighted by Crippen LogP contribution is 2.16. The average Bonchev–Trinajstić information content (AvgIpc) is 1.68. The van der Waals surface area contributed by atoms with Gasteiger partial charge in [0.05, 0.1) is 13.2 Å². The number of aliphatic hydroxyl groups is 2. The first-order valence-electron chi connectivity index (χ1n) is 2.45. The van der Waals surface area contributed by atoms with Crippen molar-refractivity contribution in [1.29, 1.82) is 0 Å². The SMILES string of the molecule is O=[P+](CCO)CCO. The maximum Gasteiger partial charge on any atom is 0.343 e. The topological polar surface area (TPSA) is 57.5 Å². The van der Waals surface area contributed by atoms with Gasteiger partial charge in [0.2, 0.25) is 0 Å². The third kappa shape index (κ3) is 4.19. The summed E-state index contributed by atoms with van der Waals surface area (Å²) in [7, 11) is -1.33. The molecular weight excluding hydrogens is 127 g/mol. The van der Waals surface area contributed by atoms with Crippen molar-refractivity contribution in [2.75, 3.05) is 25.5 Å². The highest BCUT2D eigenvalue weighted by Gasteiger charge is 2.10. The molecular formula is C4H10O3P+. The van der Waals surface area contributed by atoms with E-state index >= 15 is 0 Å². The molecule has 0 atom stereocenters. The summed E-state index contributed by atoms with van der Waals surface area (Å²) in [5, 5.41) is 16.4. The smallest absolute Gasteiger partial charge is 0.343 e. The van der Waals surface area contributed by atoms with Gasteiger partial charge in [0.1, 0.15) is 0 Å². The maximum absolute atomic E-state index is 10.5. The first-order chi connectivity index (χ1) is 3.81. The Morgan fingerprint density at radius 2 is 1.50 bits per heavy atom. The molecule has 0 unspecified atom stereocenters. The number of hydrogen-bond donors (Lipinski definition) is 2. The van der Waals surface area contributed by atoms with E-state index < -0.39 is 7.80 Å². The number of aliphatic hydroxyl groups excluding tert-OH is 2. The second-order valence-corrected chi connectivity index (χ2v) is 3.23. The summed E-state index contributed by atoms with van der Waals surface area (Å²) < 4.78 is 10.5. The van der Waals surface area contributed by atoms with Gasteiger partial charge in [0.25, 0.3) is 0 Å². The predicted octanol–water partition coefficient (Wildman–Crippen LogP) is -0.202. The van der Waals surface area contributed by atoms with Gasteiger partial charge in [0.15, 0.2) is 12.3 Å². The Bertz CT molecular complexity index is 65.7. The average molecular weight is 137 g/mol. The zero-order chi connectivity index (χ0) is 6.41. The molecule has 8 heavy (non-hydrogen) atoms. The van der Waals surface area contributed by atoms with Crippen molar-refractivity contribution in [3.05, 3.63) is 0 Å². The summed E-state index contributed by atoms with van der Waals surface area (Å²) in [6.07, 6.45) is 0.631. The van der Waals surface area contributed by atoms with Gasteiger partial charge >= 0.3 is 7.80 Å². The summed E-state index contributed by atoms with van der Waals surface area (Å²) in [5.41, 5.74) is 0. The highest BCUT2D eigenvalue weighted by atomic mass is 31.1. The summed E-state index contributed by atoms with van der Waals surface area (Å²) in [6.45, 7) is -0.0928. The lowest BCUT2D eigenvalue weighted by molar-refractivity contribution is 0.313. The molecule has 0 radical (unpaired) electrons. The summed E-state index contributed by atoms with van der Waals surface area (Å²) in [4.78, 5) is 0. The minimum atomic E-state index is -1.33. The molecule has 48 valence electrons. The Labute approximate surface area is 49.1 Å². The van der Waals surface area contributed by atoms with E-state index in [1.807, 2.05) is 0 Å². The zero-order valence-corrected chi connectivity index (χ0v) is 5.47. The lowest BCUT2D eigenvalue weighted by Gasteiger charge is -1.78. The van der Waals surface area contributed by atoms with Gasteiger partial charge in [-0.1, -0.05) is 4.57 Å². The Morgan fingerprint density at radius 3 is 1.75 bits per heavy atom. The fourth-order valence-electron chi connectivity index (χ4n) is 0.335. The largest absolute Gasteiger partial charge is 0.392 e. The third-order valence-electron chi connectivity index (χ3n) is 0.699. The van der Waals surface area contributed by atoms with Crippen LogP contribution in [-0.4, -0.2) is 35.8 Å². The molecule has 3 nitrogen and oxygen atoms in total. The van der Waals surface area contributed by atoms with Crippen molar-refractivity contribution in [2.45, 2.75) is 0 Å². The fourth-order valence-corrected chi connectivity index (χ4v) is 1.00. The van der Waals surface area contributed by atoms with Crippen molar-refractivity contribution in [1.82, 2.24) is 0 Å². The van der Waals surface area contributed by atoms with E-state index in [2.05, 4.69) is 0 Å². The molecule has 0 aromatic heterocycles. The van der Waals surface area contributed by atoms with Crippen LogP contribution in [0.1, 0.15) is 0 Å². The molecule has 4 heteroatoms. The van der Waals surface area contributed by atoms with E-state index in [0.29, 0.717) is 12.3 Å². The number of hydrogen-bond acceptors (Lipinski definition) is 3. The molecule has 0 spiro atoms. The fraction of sp³-hybridized carbons (Fsp3) is 1.00. The van der Waals surface area contributed by atoms with Crippen LogP contribution in [0.5, 0.6) is 0 Å². The van der Waals surface area contributed by atoms with E-state index in [-0.39, 0.29) is 13.2 Å². The molecule has 0 aliphatic heterocycles. The Kier molecular flexibility index (Phi) is 5.18. The molecule has 0 aromatic carbocycles. The van der Waals surface area contributed by atoms with Crippen LogP contribution in [0.25, 0.3) is 0 Å².